The van der Waals surface area contributed by atoms with E-state index in [4.69, 9.17) is 11.5 Å². The lowest BCUT2D eigenvalue weighted by Gasteiger charge is -2.04. The molecule has 8 nitrogen and oxygen atoms in total. The molecule has 0 fully saturated rings. The third kappa shape index (κ3) is 7.58. The average molecular weight is 422 g/mol. The Balaban J connectivity index is 1.90. The SMILES string of the molecule is Cc1cccc(C=CC(=O)NC(N)=NN=C(N)NC(=O)C=Cc2ccccc2F)c1C. The van der Waals surface area contributed by atoms with E-state index in [1.807, 2.05) is 32.0 Å². The van der Waals surface area contributed by atoms with Crippen LogP contribution in [0.25, 0.3) is 12.2 Å². The minimum atomic E-state index is -0.640. The Morgan fingerprint density at radius 2 is 1.35 bits per heavy atom. The highest BCUT2D eigenvalue weighted by Crippen LogP contribution is 2.13. The van der Waals surface area contributed by atoms with Crippen LogP contribution in [0, 0.1) is 19.7 Å². The molecule has 0 aromatic heterocycles. The molecular formula is C22H23FN6O2. The van der Waals surface area contributed by atoms with Crippen molar-refractivity contribution in [2.75, 3.05) is 0 Å². The summed E-state index contributed by atoms with van der Waals surface area (Å²) in [6, 6.07) is 11.7. The molecule has 0 saturated carbocycles. The Hall–Kier alpha value is -4.27. The monoisotopic (exact) mass is 422 g/mol. The van der Waals surface area contributed by atoms with E-state index >= 15 is 0 Å². The van der Waals surface area contributed by atoms with Crippen LogP contribution in [0.2, 0.25) is 0 Å². The summed E-state index contributed by atoms with van der Waals surface area (Å²) in [6.45, 7) is 3.94. The van der Waals surface area contributed by atoms with Gasteiger partial charge in [0.05, 0.1) is 0 Å². The van der Waals surface area contributed by atoms with Crippen molar-refractivity contribution in [3.05, 3.63) is 82.7 Å². The standard InChI is InChI=1S/C22H23FN6O2/c1-14-6-5-8-16(15(14)2)10-12-19(30)26-21(24)28-29-22(25)27-20(31)13-11-17-7-3-4-9-18(17)23/h3-13H,1-2H3,(H3,24,26,28,30)(H3,25,27,29,31). The number of aryl methyl sites for hydroxylation is 1. The Morgan fingerprint density at radius 1 is 0.839 bits per heavy atom. The Kier molecular flexibility index (Phi) is 8.21. The molecule has 9 heteroatoms. The minimum Gasteiger partial charge on any atom is -0.368 e. The molecule has 160 valence electrons. The fourth-order valence-electron chi connectivity index (χ4n) is 2.39. The first-order valence-corrected chi connectivity index (χ1v) is 9.21. The number of carbonyl (C=O) groups excluding carboxylic acids is 2. The molecule has 2 amide bonds. The number of carbonyl (C=O) groups is 2. The Bertz CT molecular complexity index is 1090. The molecule has 0 aliphatic rings. The first-order valence-electron chi connectivity index (χ1n) is 9.21. The van der Waals surface area contributed by atoms with Gasteiger partial charge in [0.1, 0.15) is 5.82 Å². The Morgan fingerprint density at radius 3 is 1.94 bits per heavy atom. The van der Waals surface area contributed by atoms with Crippen molar-refractivity contribution in [1.29, 1.82) is 0 Å². The van der Waals surface area contributed by atoms with Gasteiger partial charge in [0.15, 0.2) is 0 Å². The van der Waals surface area contributed by atoms with E-state index < -0.39 is 17.6 Å². The Labute approximate surface area is 179 Å². The lowest BCUT2D eigenvalue weighted by molar-refractivity contribution is -0.116. The molecule has 0 unspecified atom stereocenters. The number of guanidine groups is 2. The van der Waals surface area contributed by atoms with Crippen molar-refractivity contribution in [3.63, 3.8) is 0 Å². The second-order valence-electron chi connectivity index (χ2n) is 6.43. The number of nitrogens with one attached hydrogen (secondary N) is 2. The first kappa shape index (κ1) is 23.0. The predicted octanol–water partition coefficient (Wildman–Crippen LogP) is 1.95. The quantitative estimate of drug-likeness (QED) is 0.253. The van der Waals surface area contributed by atoms with Crippen LogP contribution in [0.1, 0.15) is 22.3 Å². The molecule has 0 aliphatic heterocycles. The normalized spacial score (nSPS) is 12.4. The van der Waals surface area contributed by atoms with Crippen LogP contribution < -0.4 is 22.1 Å². The van der Waals surface area contributed by atoms with Crippen LogP contribution in [-0.4, -0.2) is 23.7 Å². The molecule has 2 aromatic rings. The summed E-state index contributed by atoms with van der Waals surface area (Å²) >= 11 is 0. The van der Waals surface area contributed by atoms with Gasteiger partial charge in [-0.2, -0.15) is 0 Å². The number of amides is 2. The number of hydrogen-bond donors (Lipinski definition) is 4. The number of hydrogen-bond acceptors (Lipinski definition) is 4. The van der Waals surface area contributed by atoms with E-state index in [9.17, 15) is 14.0 Å². The smallest absolute Gasteiger partial charge is 0.250 e. The molecule has 0 atom stereocenters. The van der Waals surface area contributed by atoms with Crippen molar-refractivity contribution in [2.45, 2.75) is 13.8 Å². The van der Waals surface area contributed by atoms with E-state index in [-0.39, 0.29) is 17.5 Å². The summed E-state index contributed by atoms with van der Waals surface area (Å²) in [5.41, 5.74) is 14.4. The van der Waals surface area contributed by atoms with Crippen LogP contribution >= 0.6 is 0 Å². The maximum absolute atomic E-state index is 13.5. The van der Waals surface area contributed by atoms with Crippen molar-refractivity contribution in [3.8, 4) is 0 Å². The van der Waals surface area contributed by atoms with Gasteiger partial charge in [0, 0.05) is 17.7 Å². The molecule has 2 aromatic carbocycles. The molecule has 0 radical (unpaired) electrons. The van der Waals surface area contributed by atoms with Gasteiger partial charge in [-0.25, -0.2) is 4.39 Å². The maximum Gasteiger partial charge on any atom is 0.250 e. The molecule has 0 spiro atoms. The van der Waals surface area contributed by atoms with E-state index in [1.165, 1.54) is 30.4 Å². The topological polar surface area (TPSA) is 135 Å². The third-order valence-electron chi connectivity index (χ3n) is 4.15. The van der Waals surface area contributed by atoms with Gasteiger partial charge in [-0.15, -0.1) is 10.2 Å². The van der Waals surface area contributed by atoms with Crippen LogP contribution in [0.15, 0.2) is 64.8 Å². The number of nitrogens with two attached hydrogens (primary N) is 2. The predicted molar refractivity (Wildman–Crippen MR) is 120 cm³/mol. The van der Waals surface area contributed by atoms with Gasteiger partial charge in [-0.3, -0.25) is 20.2 Å². The van der Waals surface area contributed by atoms with E-state index in [1.54, 1.807) is 12.1 Å². The van der Waals surface area contributed by atoms with Crippen molar-refractivity contribution in [2.24, 2.45) is 21.7 Å². The molecule has 0 aliphatic carbocycles. The molecule has 0 saturated heterocycles. The van der Waals surface area contributed by atoms with E-state index in [2.05, 4.69) is 20.8 Å². The summed E-state index contributed by atoms with van der Waals surface area (Å²) in [5.74, 6) is -2.28. The van der Waals surface area contributed by atoms with E-state index in [0.717, 1.165) is 22.8 Å². The zero-order chi connectivity index (χ0) is 22.8. The highest BCUT2D eigenvalue weighted by molar-refractivity contribution is 6.05. The van der Waals surface area contributed by atoms with Crippen LogP contribution in [0.5, 0.6) is 0 Å². The van der Waals surface area contributed by atoms with E-state index in [0.29, 0.717) is 0 Å². The second kappa shape index (κ2) is 11.1. The van der Waals surface area contributed by atoms with Crippen LogP contribution in [-0.2, 0) is 9.59 Å². The molecule has 6 N–H and O–H groups in total. The highest BCUT2D eigenvalue weighted by atomic mass is 19.1. The van der Waals surface area contributed by atoms with Gasteiger partial charge < -0.3 is 11.5 Å². The lowest BCUT2D eigenvalue weighted by Crippen LogP contribution is -2.37. The van der Waals surface area contributed by atoms with Gasteiger partial charge in [0.25, 0.3) is 11.8 Å². The lowest BCUT2D eigenvalue weighted by atomic mass is 10.0. The van der Waals surface area contributed by atoms with Crippen LogP contribution in [0.3, 0.4) is 0 Å². The zero-order valence-corrected chi connectivity index (χ0v) is 17.1. The average Bonchev–Trinajstić information content (AvgIpc) is 2.73. The maximum atomic E-state index is 13.5. The molecule has 0 bridgehead atoms. The fraction of sp³-hybridized carbons (Fsp3) is 0.0909. The first-order chi connectivity index (χ1) is 14.8. The number of rotatable bonds is 5. The molecule has 2 rings (SSSR count). The van der Waals surface area contributed by atoms with Gasteiger partial charge in [-0.1, -0.05) is 36.4 Å². The molecule has 0 heterocycles. The largest absolute Gasteiger partial charge is 0.368 e. The summed E-state index contributed by atoms with van der Waals surface area (Å²) in [4.78, 5) is 23.7. The van der Waals surface area contributed by atoms with Crippen LogP contribution in [0.4, 0.5) is 4.39 Å². The summed E-state index contributed by atoms with van der Waals surface area (Å²) < 4.78 is 13.5. The van der Waals surface area contributed by atoms with Crippen molar-refractivity contribution >= 4 is 35.9 Å². The fourth-order valence-corrected chi connectivity index (χ4v) is 2.39. The minimum absolute atomic E-state index is 0.243. The summed E-state index contributed by atoms with van der Waals surface area (Å²) in [6.07, 6.45) is 5.35. The zero-order valence-electron chi connectivity index (χ0n) is 17.1. The summed E-state index contributed by atoms with van der Waals surface area (Å²) in [5, 5.41) is 11.6. The second-order valence-corrected chi connectivity index (χ2v) is 6.43. The number of nitrogens with zero attached hydrogens (tertiary/aromatic N) is 2. The van der Waals surface area contributed by atoms with Crippen molar-refractivity contribution in [1.82, 2.24) is 10.6 Å². The third-order valence-corrected chi connectivity index (χ3v) is 4.15. The number of benzene rings is 2. The molecule has 31 heavy (non-hydrogen) atoms. The van der Waals surface area contributed by atoms with Gasteiger partial charge in [-0.05, 0) is 48.8 Å². The van der Waals surface area contributed by atoms with Crippen molar-refractivity contribution < 1.29 is 14.0 Å². The van der Waals surface area contributed by atoms with Gasteiger partial charge in [0.2, 0.25) is 11.9 Å². The number of halogens is 1. The molecular weight excluding hydrogens is 399 g/mol. The summed E-state index contributed by atoms with van der Waals surface area (Å²) in [7, 11) is 0. The highest BCUT2D eigenvalue weighted by Gasteiger charge is 2.03. The van der Waals surface area contributed by atoms with Gasteiger partial charge >= 0.3 is 0 Å².